The topological polar surface area (TPSA) is 81.2 Å². The van der Waals surface area contributed by atoms with Gasteiger partial charge >= 0.3 is 12.2 Å². The Balaban J connectivity index is 1.96. The van der Waals surface area contributed by atoms with Crippen LogP contribution in [0.3, 0.4) is 0 Å². The first-order valence-electron chi connectivity index (χ1n) is 11.2. The van der Waals surface area contributed by atoms with Crippen LogP contribution in [-0.4, -0.2) is 70.1 Å². The number of likely N-dealkylation sites (tertiary alicyclic amines) is 1. The predicted molar refractivity (Wildman–Crippen MR) is 115 cm³/mol. The maximum absolute atomic E-state index is 14.7. The van der Waals surface area contributed by atoms with Crippen LogP contribution >= 0.6 is 0 Å². The smallest absolute Gasteiger partial charge is 0.391 e. The van der Waals surface area contributed by atoms with E-state index in [1.165, 1.54) is 4.90 Å². The van der Waals surface area contributed by atoms with Gasteiger partial charge < -0.3 is 10.0 Å². The summed E-state index contributed by atoms with van der Waals surface area (Å²) in [6.07, 6.45) is -6.31. The molecule has 3 rings (SSSR count). The number of nitrogens with zero attached hydrogens (tertiary/aromatic N) is 3. The van der Waals surface area contributed by atoms with E-state index >= 15 is 0 Å². The number of alkyl halides is 3. The number of aliphatic hydroxyl groups excluding tert-OH is 1. The first-order chi connectivity index (χ1) is 16.1. The van der Waals surface area contributed by atoms with Crippen LogP contribution in [0.2, 0.25) is 0 Å². The number of ketones is 1. The second kappa shape index (κ2) is 9.45. The van der Waals surface area contributed by atoms with Crippen LogP contribution in [-0.2, 0) is 16.1 Å². The highest BCUT2D eigenvalue weighted by molar-refractivity contribution is 6.16. The molecule has 0 radical (unpaired) electrons. The fourth-order valence-electron chi connectivity index (χ4n) is 4.54. The molecule has 0 bridgehead atoms. The Bertz CT molecular complexity index is 1030. The number of aliphatic hydroxyl groups is 1. The quantitative estimate of drug-likeness (QED) is 0.635. The minimum atomic E-state index is -4.92. The van der Waals surface area contributed by atoms with Crippen molar-refractivity contribution >= 4 is 23.4 Å². The first-order valence-corrected chi connectivity index (χ1v) is 11.2. The summed E-state index contributed by atoms with van der Waals surface area (Å²) < 4.78 is 70.1. The molecular formula is C23H28F5N3O4. The lowest BCUT2D eigenvalue weighted by Gasteiger charge is -2.46. The maximum atomic E-state index is 14.7. The van der Waals surface area contributed by atoms with Gasteiger partial charge in [-0.2, -0.15) is 13.2 Å². The summed E-state index contributed by atoms with van der Waals surface area (Å²) in [6, 6.07) is -0.643. The summed E-state index contributed by atoms with van der Waals surface area (Å²) in [7, 11) is 0.855. The highest BCUT2D eigenvalue weighted by atomic mass is 19.4. The highest BCUT2D eigenvalue weighted by Crippen LogP contribution is 2.42. The number of urea groups is 1. The zero-order valence-electron chi connectivity index (χ0n) is 19.8. The molecule has 0 aliphatic carbocycles. The molecule has 194 valence electrons. The van der Waals surface area contributed by atoms with Gasteiger partial charge in [0.2, 0.25) is 5.91 Å². The average molecular weight is 505 g/mol. The Hall–Kier alpha value is -2.60. The van der Waals surface area contributed by atoms with Gasteiger partial charge in [-0.05, 0) is 32.3 Å². The zero-order valence-corrected chi connectivity index (χ0v) is 19.8. The normalized spacial score (nSPS) is 29.4. The molecule has 0 saturated carbocycles. The summed E-state index contributed by atoms with van der Waals surface area (Å²) >= 11 is 0. The van der Waals surface area contributed by atoms with Gasteiger partial charge in [-0.1, -0.05) is 6.92 Å². The molecule has 2 aliphatic rings. The number of anilines is 1. The van der Waals surface area contributed by atoms with Crippen LogP contribution in [0.4, 0.5) is 32.4 Å². The lowest BCUT2D eigenvalue weighted by molar-refractivity contribution is -0.218. The standard InChI is InChI=1S/C23H28F5N3O4/c1-12-5-15(32)11-30(13(2)19(33)6-12)10-14-7-18(17(25)8-16(14)24)31-20(34)9-22(3,23(26,27)28)29(4)21(31)35/h7-8,12-13,19,33H,5-6,9-11H2,1-4H3. The van der Waals surface area contributed by atoms with Crippen molar-refractivity contribution in [2.45, 2.75) is 70.4 Å². The Labute approximate surface area is 199 Å². The molecule has 2 aliphatic heterocycles. The van der Waals surface area contributed by atoms with Crippen LogP contribution in [0.5, 0.6) is 0 Å². The van der Waals surface area contributed by atoms with Crippen molar-refractivity contribution < 1.29 is 41.4 Å². The van der Waals surface area contributed by atoms with Crippen molar-refractivity contribution in [2.75, 3.05) is 18.5 Å². The molecule has 3 amide bonds. The molecule has 4 atom stereocenters. The lowest BCUT2D eigenvalue weighted by Crippen LogP contribution is -2.67. The monoisotopic (exact) mass is 505 g/mol. The summed E-state index contributed by atoms with van der Waals surface area (Å²) in [5, 5.41) is 10.5. The molecule has 4 unspecified atom stereocenters. The number of hydrogen-bond donors (Lipinski definition) is 1. The molecule has 1 aromatic carbocycles. The largest absolute Gasteiger partial charge is 0.411 e. The fraction of sp³-hybridized carbons (Fsp3) is 0.609. The molecule has 2 heterocycles. The molecular weight excluding hydrogens is 477 g/mol. The molecule has 1 aromatic rings. The van der Waals surface area contributed by atoms with Crippen LogP contribution in [0, 0.1) is 17.6 Å². The number of halogens is 5. The summed E-state index contributed by atoms with van der Waals surface area (Å²) in [4.78, 5) is 39.8. The number of hydrogen-bond acceptors (Lipinski definition) is 5. The van der Waals surface area contributed by atoms with Gasteiger partial charge in [0, 0.05) is 37.7 Å². The van der Waals surface area contributed by atoms with Gasteiger partial charge in [0.1, 0.15) is 23.0 Å². The molecule has 2 fully saturated rings. The van der Waals surface area contributed by atoms with Gasteiger partial charge in [-0.15, -0.1) is 0 Å². The number of carbonyl (C=O) groups excluding carboxylic acids is 3. The van der Waals surface area contributed by atoms with Gasteiger partial charge in [-0.25, -0.2) is 18.5 Å². The Kier molecular flexibility index (Phi) is 7.29. The van der Waals surface area contributed by atoms with E-state index in [2.05, 4.69) is 0 Å². The SMILES string of the molecule is CC1CC(=O)CN(Cc2cc(N3C(=O)CC(C)(C(F)(F)F)N(C)C3=O)c(F)cc2F)C(C)C(O)C1. The minimum absolute atomic E-state index is 0.0354. The van der Waals surface area contributed by atoms with Crippen LogP contribution in [0.1, 0.15) is 45.6 Å². The Morgan fingerprint density at radius 1 is 1.11 bits per heavy atom. The number of imide groups is 1. The van der Waals surface area contributed by atoms with Crippen molar-refractivity contribution in [3.63, 3.8) is 0 Å². The number of rotatable bonds is 3. The van der Waals surface area contributed by atoms with Crippen molar-refractivity contribution in [3.8, 4) is 0 Å². The van der Waals surface area contributed by atoms with Crippen molar-refractivity contribution in [3.05, 3.63) is 29.3 Å². The molecule has 2 saturated heterocycles. The van der Waals surface area contributed by atoms with Gasteiger partial charge in [0.25, 0.3) is 0 Å². The lowest BCUT2D eigenvalue weighted by atomic mass is 9.91. The first kappa shape index (κ1) is 27.0. The number of amides is 3. The molecule has 0 aromatic heterocycles. The third-order valence-corrected chi connectivity index (χ3v) is 7.04. The van der Waals surface area contributed by atoms with Gasteiger partial charge in [0.05, 0.1) is 24.8 Å². The summed E-state index contributed by atoms with van der Waals surface area (Å²) in [5.74, 6) is -3.78. The van der Waals surface area contributed by atoms with Crippen molar-refractivity contribution in [2.24, 2.45) is 5.92 Å². The van der Waals surface area contributed by atoms with E-state index in [-0.39, 0.29) is 41.7 Å². The second-order valence-electron chi connectivity index (χ2n) is 9.71. The Morgan fingerprint density at radius 2 is 1.74 bits per heavy atom. The molecule has 0 spiro atoms. The van der Waals surface area contributed by atoms with Crippen molar-refractivity contribution in [1.82, 2.24) is 9.80 Å². The van der Waals surface area contributed by atoms with Crippen LogP contribution in [0.25, 0.3) is 0 Å². The van der Waals surface area contributed by atoms with Gasteiger partial charge in [-0.3, -0.25) is 14.5 Å². The molecule has 12 heteroatoms. The second-order valence-corrected chi connectivity index (χ2v) is 9.71. The zero-order chi connectivity index (χ0) is 26.5. The summed E-state index contributed by atoms with van der Waals surface area (Å²) in [5.41, 5.74) is -3.66. The molecule has 35 heavy (non-hydrogen) atoms. The minimum Gasteiger partial charge on any atom is -0.391 e. The van der Waals surface area contributed by atoms with E-state index in [9.17, 15) is 41.4 Å². The van der Waals surface area contributed by atoms with E-state index in [0.29, 0.717) is 24.3 Å². The van der Waals surface area contributed by atoms with E-state index in [1.807, 2.05) is 6.92 Å². The van der Waals surface area contributed by atoms with Crippen LogP contribution < -0.4 is 4.90 Å². The van der Waals surface area contributed by atoms with Gasteiger partial charge in [0.15, 0.2) is 0 Å². The third-order valence-electron chi connectivity index (χ3n) is 7.04. The Morgan fingerprint density at radius 3 is 2.34 bits per heavy atom. The molecule has 7 nitrogen and oxygen atoms in total. The fourth-order valence-corrected chi connectivity index (χ4v) is 4.54. The predicted octanol–water partition coefficient (Wildman–Crippen LogP) is 3.62. The number of Topliss-reactive ketones (excluding diaryl/α,β-unsaturated/α-hetero) is 1. The summed E-state index contributed by atoms with van der Waals surface area (Å²) in [6.45, 7) is 3.82. The number of benzene rings is 1. The van der Waals surface area contributed by atoms with E-state index in [0.717, 1.165) is 13.1 Å². The number of carbonyl (C=O) groups is 3. The molecule has 1 N–H and O–H groups in total. The van der Waals surface area contributed by atoms with E-state index in [1.54, 1.807) is 6.92 Å². The third kappa shape index (κ3) is 5.04. The highest BCUT2D eigenvalue weighted by Gasteiger charge is 2.60. The maximum Gasteiger partial charge on any atom is 0.411 e. The van der Waals surface area contributed by atoms with E-state index < -0.39 is 59.5 Å². The van der Waals surface area contributed by atoms with Crippen LogP contribution in [0.15, 0.2) is 12.1 Å². The average Bonchev–Trinajstić information content (AvgIpc) is 2.72. The van der Waals surface area contributed by atoms with E-state index in [4.69, 9.17) is 0 Å². The van der Waals surface area contributed by atoms with Crippen molar-refractivity contribution in [1.29, 1.82) is 0 Å².